The molecule has 1 aliphatic rings. The van der Waals surface area contributed by atoms with Crippen molar-refractivity contribution >= 4 is 5.91 Å². The molecule has 2 aromatic heterocycles. The van der Waals surface area contributed by atoms with E-state index in [0.717, 1.165) is 12.1 Å². The average Bonchev–Trinajstić information content (AvgIpc) is 3.43. The van der Waals surface area contributed by atoms with Gasteiger partial charge in [0.1, 0.15) is 0 Å². The van der Waals surface area contributed by atoms with E-state index in [4.69, 9.17) is 4.42 Å². The fourth-order valence-corrected chi connectivity index (χ4v) is 3.31. The van der Waals surface area contributed by atoms with E-state index >= 15 is 0 Å². The maximum atomic E-state index is 12.9. The molecule has 1 saturated heterocycles. The maximum absolute atomic E-state index is 12.9. The summed E-state index contributed by atoms with van der Waals surface area (Å²) < 4.78 is 45.8. The van der Waals surface area contributed by atoms with Gasteiger partial charge in [-0.1, -0.05) is 12.1 Å². The largest absolute Gasteiger partial charge is 0.432 e. The van der Waals surface area contributed by atoms with Gasteiger partial charge in [0, 0.05) is 36.6 Å². The highest BCUT2D eigenvalue weighted by molar-refractivity contribution is 5.90. The zero-order chi connectivity index (χ0) is 20.4. The van der Waals surface area contributed by atoms with Crippen LogP contribution in [0.3, 0.4) is 0 Å². The molecule has 3 heterocycles. The first-order valence-electron chi connectivity index (χ1n) is 9.03. The summed E-state index contributed by atoms with van der Waals surface area (Å²) in [7, 11) is 0. The predicted octanol–water partition coefficient (Wildman–Crippen LogP) is 2.72. The van der Waals surface area contributed by atoms with Crippen LogP contribution in [0.5, 0.6) is 0 Å². The first-order valence-corrected chi connectivity index (χ1v) is 9.03. The summed E-state index contributed by atoms with van der Waals surface area (Å²) in [5.74, 6) is -0.593. The van der Waals surface area contributed by atoms with Gasteiger partial charge in [-0.25, -0.2) is 4.98 Å². The molecule has 152 valence electrons. The summed E-state index contributed by atoms with van der Waals surface area (Å²) in [5.41, 5.74) is -0.592. The van der Waals surface area contributed by atoms with E-state index in [2.05, 4.69) is 20.7 Å². The third kappa shape index (κ3) is 4.48. The molecular formula is C19H18F3N5O2. The Hall–Kier alpha value is -3.14. The number of alkyl halides is 3. The molecule has 1 aliphatic heterocycles. The molecule has 0 spiro atoms. The second-order valence-corrected chi connectivity index (χ2v) is 6.85. The summed E-state index contributed by atoms with van der Waals surface area (Å²) in [4.78, 5) is 16.3. The number of amides is 1. The van der Waals surface area contributed by atoms with Crippen LogP contribution in [0, 0.1) is 0 Å². The van der Waals surface area contributed by atoms with E-state index in [1.165, 1.54) is 18.3 Å². The molecule has 10 heteroatoms. The number of oxazole rings is 1. The lowest BCUT2D eigenvalue weighted by Crippen LogP contribution is -2.36. The van der Waals surface area contributed by atoms with Gasteiger partial charge in [-0.2, -0.15) is 18.3 Å². The lowest BCUT2D eigenvalue weighted by atomic mass is 10.1. The molecule has 7 nitrogen and oxygen atoms in total. The zero-order valence-electron chi connectivity index (χ0n) is 15.2. The van der Waals surface area contributed by atoms with Crippen molar-refractivity contribution in [3.05, 3.63) is 60.4 Å². The van der Waals surface area contributed by atoms with Crippen LogP contribution in [0.1, 0.15) is 22.7 Å². The fraction of sp³-hybridized carbons (Fsp3) is 0.316. The molecule has 1 amide bonds. The van der Waals surface area contributed by atoms with Crippen molar-refractivity contribution in [2.75, 3.05) is 6.54 Å². The number of aromatic nitrogens is 3. The standard InChI is InChI=1S/C19H18F3N5O2/c20-19(21,22)13-4-1-3-12(7-13)16-10-24-18(29-16)17(28)26-14-8-15(23-9-14)11-27-6-2-5-25-27/h1-7,10,14-15,23H,8-9,11H2,(H,26,28)/t14-,15+/m1/s1. The second-order valence-electron chi connectivity index (χ2n) is 6.85. The Labute approximate surface area is 163 Å². The van der Waals surface area contributed by atoms with Gasteiger partial charge in [-0.3, -0.25) is 9.48 Å². The Balaban J connectivity index is 1.38. The minimum atomic E-state index is -4.46. The van der Waals surface area contributed by atoms with Crippen LogP contribution >= 0.6 is 0 Å². The number of carbonyl (C=O) groups excluding carboxylic acids is 1. The molecular weight excluding hydrogens is 387 g/mol. The molecule has 2 atom stereocenters. The predicted molar refractivity (Wildman–Crippen MR) is 96.8 cm³/mol. The third-order valence-electron chi connectivity index (χ3n) is 4.70. The van der Waals surface area contributed by atoms with Gasteiger partial charge in [0.05, 0.1) is 18.3 Å². The topological polar surface area (TPSA) is 85.0 Å². The molecule has 0 aliphatic carbocycles. The summed E-state index contributed by atoms with van der Waals surface area (Å²) >= 11 is 0. The monoisotopic (exact) mass is 405 g/mol. The summed E-state index contributed by atoms with van der Waals surface area (Å²) in [6.07, 6.45) is 1.08. The van der Waals surface area contributed by atoms with E-state index in [-0.39, 0.29) is 29.3 Å². The first kappa shape index (κ1) is 19.2. The molecule has 3 aromatic rings. The van der Waals surface area contributed by atoms with Gasteiger partial charge in [-0.15, -0.1) is 0 Å². The van der Waals surface area contributed by atoms with E-state index < -0.39 is 17.6 Å². The highest BCUT2D eigenvalue weighted by Crippen LogP contribution is 2.32. The quantitative estimate of drug-likeness (QED) is 0.682. The molecule has 0 saturated carbocycles. The first-order chi connectivity index (χ1) is 13.9. The van der Waals surface area contributed by atoms with Crippen LogP contribution in [0.15, 0.2) is 53.3 Å². The van der Waals surface area contributed by atoms with Gasteiger partial charge < -0.3 is 15.1 Å². The third-order valence-corrected chi connectivity index (χ3v) is 4.70. The molecule has 0 unspecified atom stereocenters. The number of carbonyl (C=O) groups is 1. The van der Waals surface area contributed by atoms with Crippen molar-refractivity contribution in [2.45, 2.75) is 31.2 Å². The Morgan fingerprint density at radius 3 is 2.97 bits per heavy atom. The Morgan fingerprint density at radius 1 is 1.34 bits per heavy atom. The van der Waals surface area contributed by atoms with Crippen LogP contribution in [0.25, 0.3) is 11.3 Å². The van der Waals surface area contributed by atoms with E-state index in [9.17, 15) is 18.0 Å². The van der Waals surface area contributed by atoms with Gasteiger partial charge in [-0.05, 0) is 24.6 Å². The number of benzene rings is 1. The van der Waals surface area contributed by atoms with E-state index in [1.807, 2.05) is 16.9 Å². The SMILES string of the molecule is O=C(N[C@H]1CN[C@H](Cn2cccn2)C1)c1ncc(-c2cccc(C(F)(F)F)c2)o1. The number of hydrogen-bond acceptors (Lipinski definition) is 5. The molecule has 0 radical (unpaired) electrons. The number of hydrogen-bond donors (Lipinski definition) is 2. The van der Waals surface area contributed by atoms with Crippen molar-refractivity contribution in [3.63, 3.8) is 0 Å². The van der Waals surface area contributed by atoms with Crippen LogP contribution in [0.2, 0.25) is 0 Å². The van der Waals surface area contributed by atoms with E-state index in [1.54, 1.807) is 6.20 Å². The van der Waals surface area contributed by atoms with Crippen molar-refractivity contribution in [2.24, 2.45) is 0 Å². The summed E-state index contributed by atoms with van der Waals surface area (Å²) in [6.45, 7) is 1.29. The van der Waals surface area contributed by atoms with Crippen molar-refractivity contribution in [3.8, 4) is 11.3 Å². The van der Waals surface area contributed by atoms with Crippen molar-refractivity contribution < 1.29 is 22.4 Å². The molecule has 4 rings (SSSR count). The number of nitrogens with one attached hydrogen (secondary N) is 2. The van der Waals surface area contributed by atoms with Crippen LogP contribution in [-0.4, -0.2) is 39.3 Å². The molecule has 0 bridgehead atoms. The highest BCUT2D eigenvalue weighted by Gasteiger charge is 2.31. The van der Waals surface area contributed by atoms with Crippen molar-refractivity contribution in [1.82, 2.24) is 25.4 Å². The average molecular weight is 405 g/mol. The Kier molecular flexibility index (Phi) is 5.10. The lowest BCUT2D eigenvalue weighted by Gasteiger charge is -2.11. The highest BCUT2D eigenvalue weighted by atomic mass is 19.4. The van der Waals surface area contributed by atoms with E-state index in [0.29, 0.717) is 19.5 Å². The maximum Gasteiger partial charge on any atom is 0.416 e. The number of halogens is 3. The molecule has 1 fully saturated rings. The Morgan fingerprint density at radius 2 is 2.21 bits per heavy atom. The fourth-order valence-electron chi connectivity index (χ4n) is 3.31. The normalized spacial score (nSPS) is 19.4. The summed E-state index contributed by atoms with van der Waals surface area (Å²) in [6, 6.07) is 6.60. The molecule has 1 aromatic carbocycles. The van der Waals surface area contributed by atoms with Crippen molar-refractivity contribution in [1.29, 1.82) is 0 Å². The van der Waals surface area contributed by atoms with Crippen LogP contribution in [-0.2, 0) is 12.7 Å². The zero-order valence-corrected chi connectivity index (χ0v) is 15.2. The van der Waals surface area contributed by atoms with Gasteiger partial charge in [0.25, 0.3) is 5.89 Å². The number of rotatable bonds is 5. The van der Waals surface area contributed by atoms with Gasteiger partial charge >= 0.3 is 12.1 Å². The minimum Gasteiger partial charge on any atom is -0.432 e. The second kappa shape index (κ2) is 7.70. The van der Waals surface area contributed by atoms with Crippen LogP contribution < -0.4 is 10.6 Å². The molecule has 2 N–H and O–H groups in total. The van der Waals surface area contributed by atoms with Crippen LogP contribution in [0.4, 0.5) is 13.2 Å². The minimum absolute atomic E-state index is 0.0994. The Bertz CT molecular complexity index is 984. The van der Waals surface area contributed by atoms with Gasteiger partial charge in [0.15, 0.2) is 5.76 Å². The lowest BCUT2D eigenvalue weighted by molar-refractivity contribution is -0.137. The van der Waals surface area contributed by atoms with Gasteiger partial charge in [0.2, 0.25) is 0 Å². The smallest absolute Gasteiger partial charge is 0.416 e. The summed E-state index contributed by atoms with van der Waals surface area (Å²) in [5, 5.41) is 10.3. The molecule has 29 heavy (non-hydrogen) atoms. The number of nitrogens with zero attached hydrogens (tertiary/aromatic N) is 3.